The van der Waals surface area contributed by atoms with Crippen molar-refractivity contribution in [1.29, 1.82) is 0 Å². The first-order chi connectivity index (χ1) is 11.5. The molecule has 1 unspecified atom stereocenters. The zero-order chi connectivity index (χ0) is 17.1. The minimum Gasteiger partial charge on any atom is -0.441 e. The van der Waals surface area contributed by atoms with E-state index in [1.807, 2.05) is 38.1 Å². The summed E-state index contributed by atoms with van der Waals surface area (Å²) in [4.78, 5) is 18.4. The summed E-state index contributed by atoms with van der Waals surface area (Å²) < 4.78 is 5.52. The van der Waals surface area contributed by atoms with Crippen molar-refractivity contribution < 1.29 is 14.3 Å². The van der Waals surface area contributed by atoms with Crippen molar-refractivity contribution in [3.63, 3.8) is 0 Å². The Hall–Kier alpha value is -2.34. The minimum atomic E-state index is -0.309. The van der Waals surface area contributed by atoms with E-state index in [-0.39, 0.29) is 18.1 Å². The number of carbonyl (C=O) groups is 1. The van der Waals surface area contributed by atoms with E-state index in [1.54, 1.807) is 11.1 Å². The lowest BCUT2D eigenvalue weighted by atomic mass is 9.92. The van der Waals surface area contributed by atoms with Gasteiger partial charge in [-0.25, -0.2) is 9.78 Å². The van der Waals surface area contributed by atoms with Crippen LogP contribution in [0, 0.1) is 12.8 Å². The lowest BCUT2D eigenvalue weighted by Gasteiger charge is -2.33. The Morgan fingerprint density at radius 1 is 1.42 bits per heavy atom. The Morgan fingerprint density at radius 3 is 2.79 bits per heavy atom. The number of hydrogen-bond donors (Lipinski definition) is 2. The van der Waals surface area contributed by atoms with Crippen LogP contribution in [0.4, 0.5) is 10.5 Å². The second kappa shape index (κ2) is 7.05. The van der Waals surface area contributed by atoms with Gasteiger partial charge in [-0.1, -0.05) is 6.07 Å². The number of likely N-dealkylation sites (tertiary alicyclic amines) is 1. The Balaban J connectivity index is 1.63. The summed E-state index contributed by atoms with van der Waals surface area (Å²) in [6, 6.07) is 7.35. The Labute approximate surface area is 141 Å². The zero-order valence-electron chi connectivity index (χ0n) is 14.0. The van der Waals surface area contributed by atoms with E-state index in [0.29, 0.717) is 24.7 Å². The normalized spacial score (nSPS) is 16.9. The monoisotopic (exact) mass is 329 g/mol. The molecular formula is C18H23N3O3. The molecule has 1 atom stereocenters. The second-order valence-electron chi connectivity index (χ2n) is 6.35. The highest BCUT2D eigenvalue weighted by Crippen LogP contribution is 2.24. The molecule has 1 aromatic carbocycles. The van der Waals surface area contributed by atoms with Crippen molar-refractivity contribution in [2.45, 2.75) is 32.8 Å². The maximum atomic E-state index is 12.4. The number of hydrogen-bond acceptors (Lipinski definition) is 4. The molecule has 1 aliphatic heterocycles. The van der Waals surface area contributed by atoms with Gasteiger partial charge in [-0.2, -0.15) is 0 Å². The first-order valence-electron chi connectivity index (χ1n) is 8.30. The number of urea groups is 1. The molecule has 6 nitrogen and oxygen atoms in total. The number of aromatic nitrogens is 1. The first-order valence-corrected chi connectivity index (χ1v) is 8.30. The molecule has 0 saturated carbocycles. The van der Waals surface area contributed by atoms with Crippen LogP contribution in [0.3, 0.4) is 0 Å². The average Bonchev–Trinajstić information content (AvgIpc) is 3.02. The molecule has 6 heteroatoms. The van der Waals surface area contributed by atoms with E-state index < -0.39 is 0 Å². The predicted molar refractivity (Wildman–Crippen MR) is 91.7 cm³/mol. The Morgan fingerprint density at radius 2 is 2.17 bits per heavy atom. The molecule has 1 saturated heterocycles. The highest BCUT2D eigenvalue weighted by atomic mass is 16.4. The second-order valence-corrected chi connectivity index (χ2v) is 6.35. The molecule has 0 aliphatic carbocycles. The van der Waals surface area contributed by atoms with Crippen LogP contribution in [0.25, 0.3) is 11.5 Å². The van der Waals surface area contributed by atoms with Gasteiger partial charge in [-0.3, -0.25) is 0 Å². The molecule has 2 aromatic rings. The third kappa shape index (κ3) is 3.76. The third-order valence-electron chi connectivity index (χ3n) is 4.49. The molecule has 3 rings (SSSR count). The number of amides is 2. The Bertz CT molecular complexity index is 703. The van der Waals surface area contributed by atoms with Crippen molar-refractivity contribution in [2.24, 2.45) is 5.92 Å². The largest absolute Gasteiger partial charge is 0.441 e. The van der Waals surface area contributed by atoms with Gasteiger partial charge >= 0.3 is 6.03 Å². The molecule has 0 bridgehead atoms. The van der Waals surface area contributed by atoms with Crippen molar-refractivity contribution in [3.05, 3.63) is 36.2 Å². The first kappa shape index (κ1) is 16.5. The van der Waals surface area contributed by atoms with Gasteiger partial charge in [0, 0.05) is 24.3 Å². The number of rotatable bonds is 3. The molecule has 1 fully saturated rings. The van der Waals surface area contributed by atoms with Gasteiger partial charge in [0.15, 0.2) is 0 Å². The Kier molecular flexibility index (Phi) is 4.85. The van der Waals surface area contributed by atoms with E-state index >= 15 is 0 Å². The average molecular weight is 329 g/mol. The van der Waals surface area contributed by atoms with Crippen LogP contribution in [0.15, 0.2) is 34.9 Å². The van der Waals surface area contributed by atoms with Crippen molar-refractivity contribution in [2.75, 3.05) is 18.4 Å². The number of anilines is 1. The van der Waals surface area contributed by atoms with Gasteiger partial charge < -0.3 is 19.7 Å². The van der Waals surface area contributed by atoms with E-state index in [9.17, 15) is 9.90 Å². The molecule has 2 amide bonds. The molecule has 2 N–H and O–H groups in total. The number of piperidine rings is 1. The topological polar surface area (TPSA) is 78.6 Å². The third-order valence-corrected chi connectivity index (χ3v) is 4.49. The molecule has 24 heavy (non-hydrogen) atoms. The van der Waals surface area contributed by atoms with Crippen molar-refractivity contribution >= 4 is 11.7 Å². The highest BCUT2D eigenvalue weighted by Gasteiger charge is 2.25. The summed E-state index contributed by atoms with van der Waals surface area (Å²) in [6.45, 7) is 5.00. The zero-order valence-corrected chi connectivity index (χ0v) is 14.0. The van der Waals surface area contributed by atoms with Crippen LogP contribution < -0.4 is 5.32 Å². The summed E-state index contributed by atoms with van der Waals surface area (Å²) in [5, 5.41) is 12.6. The lowest BCUT2D eigenvalue weighted by Crippen LogP contribution is -2.42. The summed E-state index contributed by atoms with van der Waals surface area (Å²) in [7, 11) is 0. The summed E-state index contributed by atoms with van der Waals surface area (Å²) in [6.07, 6.45) is 3.03. The van der Waals surface area contributed by atoms with Crippen molar-refractivity contribution in [1.82, 2.24) is 9.88 Å². The molecular weight excluding hydrogens is 306 g/mol. The van der Waals surface area contributed by atoms with Gasteiger partial charge in [0.1, 0.15) is 5.76 Å². The number of carbonyl (C=O) groups excluding carboxylic acids is 1. The smallest absolute Gasteiger partial charge is 0.321 e. The van der Waals surface area contributed by atoms with Crippen LogP contribution in [0.2, 0.25) is 0 Å². The summed E-state index contributed by atoms with van der Waals surface area (Å²) in [5.41, 5.74) is 1.54. The fraction of sp³-hybridized carbons (Fsp3) is 0.444. The molecule has 0 spiro atoms. The summed E-state index contributed by atoms with van der Waals surface area (Å²) in [5.74, 6) is 1.58. The fourth-order valence-corrected chi connectivity index (χ4v) is 3.01. The van der Waals surface area contributed by atoms with E-state index in [2.05, 4.69) is 10.3 Å². The number of aliphatic hydroxyl groups is 1. The van der Waals surface area contributed by atoms with Gasteiger partial charge in [0.25, 0.3) is 0 Å². The standard InChI is InChI=1S/C18H23N3O3/c1-12-11-19-17(24-12)15-4-3-5-16(10-15)20-18(23)21-8-6-14(7-9-21)13(2)22/h3-5,10-11,13-14,22H,6-9H2,1-2H3,(H,20,23). The van der Waals surface area contributed by atoms with E-state index in [1.165, 1.54) is 0 Å². The quantitative estimate of drug-likeness (QED) is 0.906. The molecule has 1 aliphatic rings. The molecule has 128 valence electrons. The van der Waals surface area contributed by atoms with Gasteiger partial charge in [0.2, 0.25) is 5.89 Å². The highest BCUT2D eigenvalue weighted by molar-refractivity contribution is 5.90. The summed E-state index contributed by atoms with van der Waals surface area (Å²) >= 11 is 0. The lowest BCUT2D eigenvalue weighted by molar-refractivity contribution is 0.0820. The van der Waals surface area contributed by atoms with Crippen LogP contribution >= 0.6 is 0 Å². The number of nitrogens with one attached hydrogen (secondary N) is 1. The van der Waals surface area contributed by atoms with Crippen LogP contribution in [-0.4, -0.2) is 40.2 Å². The van der Waals surface area contributed by atoms with Gasteiger partial charge in [-0.15, -0.1) is 0 Å². The number of benzene rings is 1. The number of aryl methyl sites for hydroxylation is 1. The maximum Gasteiger partial charge on any atom is 0.321 e. The van der Waals surface area contributed by atoms with Crippen LogP contribution in [0.5, 0.6) is 0 Å². The van der Waals surface area contributed by atoms with Crippen LogP contribution in [-0.2, 0) is 0 Å². The number of aliphatic hydroxyl groups excluding tert-OH is 1. The maximum absolute atomic E-state index is 12.4. The van der Waals surface area contributed by atoms with Gasteiger partial charge in [0.05, 0.1) is 12.3 Å². The molecule has 2 heterocycles. The minimum absolute atomic E-state index is 0.111. The van der Waals surface area contributed by atoms with E-state index in [4.69, 9.17) is 4.42 Å². The van der Waals surface area contributed by atoms with Gasteiger partial charge in [-0.05, 0) is 50.8 Å². The predicted octanol–water partition coefficient (Wildman–Crippen LogP) is 3.27. The van der Waals surface area contributed by atoms with Crippen LogP contribution in [0.1, 0.15) is 25.5 Å². The van der Waals surface area contributed by atoms with Crippen molar-refractivity contribution in [3.8, 4) is 11.5 Å². The number of nitrogens with zero attached hydrogens (tertiary/aromatic N) is 2. The molecule has 1 aromatic heterocycles. The number of oxazole rings is 1. The molecule has 0 radical (unpaired) electrons. The SMILES string of the molecule is Cc1cnc(-c2cccc(NC(=O)N3CCC(C(C)O)CC3)c2)o1. The fourth-order valence-electron chi connectivity index (χ4n) is 3.01. The van der Waals surface area contributed by atoms with E-state index in [0.717, 1.165) is 24.2 Å².